The van der Waals surface area contributed by atoms with Crippen LogP contribution in [-0.2, 0) is 20.0 Å². The summed E-state index contributed by atoms with van der Waals surface area (Å²) < 4.78 is 3.25. The van der Waals surface area contributed by atoms with Crippen molar-refractivity contribution in [2.75, 3.05) is 12.3 Å². The third-order valence-electron chi connectivity index (χ3n) is 3.03. The fourth-order valence-electron chi connectivity index (χ4n) is 2.01. The first-order valence-electron chi connectivity index (χ1n) is 6.57. The van der Waals surface area contributed by atoms with E-state index in [-0.39, 0.29) is 5.91 Å². The molecule has 20 heavy (non-hydrogen) atoms. The third kappa shape index (κ3) is 2.95. The first kappa shape index (κ1) is 14.0. The Labute approximate surface area is 116 Å². The first-order chi connectivity index (χ1) is 9.63. The zero-order valence-corrected chi connectivity index (χ0v) is 11.7. The maximum atomic E-state index is 12.1. The maximum Gasteiger partial charge on any atom is 0.271 e. The van der Waals surface area contributed by atoms with E-state index >= 15 is 0 Å². The van der Waals surface area contributed by atoms with Crippen LogP contribution in [0, 0.1) is 0 Å². The Morgan fingerprint density at radius 1 is 1.50 bits per heavy atom. The van der Waals surface area contributed by atoms with Gasteiger partial charge in [-0.15, -0.1) is 5.10 Å². The lowest BCUT2D eigenvalue weighted by Gasteiger charge is -2.06. The molecule has 0 aromatic carbocycles. The van der Waals surface area contributed by atoms with E-state index in [1.807, 2.05) is 6.92 Å². The molecule has 2 heterocycles. The second-order valence-electron chi connectivity index (χ2n) is 4.46. The molecule has 0 fully saturated rings. The smallest absolute Gasteiger partial charge is 0.271 e. The van der Waals surface area contributed by atoms with Gasteiger partial charge in [0.25, 0.3) is 5.91 Å². The molecule has 0 saturated heterocycles. The fraction of sp³-hybridized carbons (Fsp3) is 0.500. The van der Waals surface area contributed by atoms with Crippen molar-refractivity contribution in [3.8, 4) is 0 Å². The molecule has 0 radical (unpaired) electrons. The van der Waals surface area contributed by atoms with Crippen molar-refractivity contribution >= 4 is 11.6 Å². The highest BCUT2D eigenvalue weighted by Gasteiger charge is 2.18. The van der Waals surface area contributed by atoms with Crippen LogP contribution in [0.15, 0.2) is 12.4 Å². The second-order valence-corrected chi connectivity index (χ2v) is 4.46. The SMILES string of the molecule is CCc1nn(C)c(C(=O)NCCCn2ccnn2)c1N. The molecule has 1 amide bonds. The Morgan fingerprint density at radius 3 is 2.90 bits per heavy atom. The zero-order chi connectivity index (χ0) is 14.5. The van der Waals surface area contributed by atoms with Gasteiger partial charge in [0.05, 0.1) is 17.6 Å². The van der Waals surface area contributed by atoms with Crippen molar-refractivity contribution in [2.24, 2.45) is 7.05 Å². The average molecular weight is 277 g/mol. The van der Waals surface area contributed by atoms with E-state index in [0.29, 0.717) is 30.9 Å². The molecule has 2 rings (SSSR count). The monoisotopic (exact) mass is 277 g/mol. The van der Waals surface area contributed by atoms with Gasteiger partial charge in [-0.05, 0) is 12.8 Å². The standard InChI is InChI=1S/C12H19N7O/c1-3-9-10(13)11(18(2)16-9)12(20)14-5-4-7-19-8-6-15-17-19/h6,8H,3-5,7,13H2,1-2H3,(H,14,20). The number of aryl methyl sites for hydroxylation is 3. The number of nitrogen functional groups attached to an aromatic ring is 1. The van der Waals surface area contributed by atoms with Crippen LogP contribution < -0.4 is 11.1 Å². The van der Waals surface area contributed by atoms with E-state index < -0.39 is 0 Å². The van der Waals surface area contributed by atoms with E-state index in [9.17, 15) is 4.79 Å². The molecule has 0 aliphatic carbocycles. The van der Waals surface area contributed by atoms with Crippen molar-refractivity contribution < 1.29 is 4.79 Å². The van der Waals surface area contributed by atoms with Gasteiger partial charge in [-0.3, -0.25) is 14.2 Å². The van der Waals surface area contributed by atoms with Crippen molar-refractivity contribution in [2.45, 2.75) is 26.3 Å². The van der Waals surface area contributed by atoms with Crippen LogP contribution in [0.3, 0.4) is 0 Å². The highest BCUT2D eigenvalue weighted by atomic mass is 16.2. The number of rotatable bonds is 6. The minimum Gasteiger partial charge on any atom is -0.395 e. The summed E-state index contributed by atoms with van der Waals surface area (Å²) in [7, 11) is 1.72. The molecule has 2 aromatic rings. The van der Waals surface area contributed by atoms with Crippen LogP contribution in [0.5, 0.6) is 0 Å². The van der Waals surface area contributed by atoms with E-state index in [4.69, 9.17) is 5.73 Å². The summed E-state index contributed by atoms with van der Waals surface area (Å²) in [6.45, 7) is 3.21. The number of nitrogens with one attached hydrogen (secondary N) is 1. The quantitative estimate of drug-likeness (QED) is 0.722. The van der Waals surface area contributed by atoms with Gasteiger partial charge in [-0.1, -0.05) is 12.1 Å². The Morgan fingerprint density at radius 2 is 2.30 bits per heavy atom. The molecule has 3 N–H and O–H groups in total. The lowest BCUT2D eigenvalue weighted by Crippen LogP contribution is -2.28. The summed E-state index contributed by atoms with van der Waals surface area (Å²) in [5.41, 5.74) is 7.56. The number of carbonyl (C=O) groups excluding carboxylic acids is 1. The van der Waals surface area contributed by atoms with E-state index in [1.165, 1.54) is 4.68 Å². The highest BCUT2D eigenvalue weighted by molar-refractivity contribution is 5.97. The van der Waals surface area contributed by atoms with Gasteiger partial charge in [0, 0.05) is 26.3 Å². The summed E-state index contributed by atoms with van der Waals surface area (Å²) in [5, 5.41) is 14.6. The molecule has 2 aromatic heterocycles. The molecule has 8 heteroatoms. The van der Waals surface area contributed by atoms with Gasteiger partial charge in [-0.25, -0.2) is 0 Å². The highest BCUT2D eigenvalue weighted by Crippen LogP contribution is 2.16. The minimum atomic E-state index is -0.198. The molecule has 0 aliphatic heterocycles. The normalized spacial score (nSPS) is 10.7. The molecule has 0 aliphatic rings. The molecule has 0 unspecified atom stereocenters. The molecule has 0 bridgehead atoms. The summed E-state index contributed by atoms with van der Waals surface area (Å²) in [6.07, 6.45) is 4.89. The van der Waals surface area contributed by atoms with Crippen LogP contribution in [-0.4, -0.2) is 37.2 Å². The van der Waals surface area contributed by atoms with Crippen LogP contribution >= 0.6 is 0 Å². The Kier molecular flexibility index (Phi) is 4.34. The Hall–Kier alpha value is -2.38. The average Bonchev–Trinajstić information content (AvgIpc) is 3.02. The molecular weight excluding hydrogens is 258 g/mol. The summed E-state index contributed by atoms with van der Waals surface area (Å²) in [6, 6.07) is 0. The van der Waals surface area contributed by atoms with Gasteiger partial charge in [0.1, 0.15) is 5.69 Å². The van der Waals surface area contributed by atoms with Gasteiger partial charge in [0.2, 0.25) is 0 Å². The first-order valence-corrected chi connectivity index (χ1v) is 6.57. The number of hydrogen-bond donors (Lipinski definition) is 2. The van der Waals surface area contributed by atoms with Gasteiger partial charge in [-0.2, -0.15) is 5.10 Å². The lowest BCUT2D eigenvalue weighted by molar-refractivity contribution is 0.0944. The number of aromatic nitrogens is 5. The third-order valence-corrected chi connectivity index (χ3v) is 3.03. The van der Waals surface area contributed by atoms with Gasteiger partial charge >= 0.3 is 0 Å². The minimum absolute atomic E-state index is 0.198. The molecular formula is C12H19N7O. The van der Waals surface area contributed by atoms with Crippen molar-refractivity contribution in [3.63, 3.8) is 0 Å². The van der Waals surface area contributed by atoms with Crippen molar-refractivity contribution in [1.82, 2.24) is 30.1 Å². The largest absolute Gasteiger partial charge is 0.395 e. The Bertz CT molecular complexity index is 573. The molecule has 108 valence electrons. The van der Waals surface area contributed by atoms with Gasteiger partial charge in [0.15, 0.2) is 0 Å². The topological polar surface area (TPSA) is 104 Å². The van der Waals surface area contributed by atoms with Gasteiger partial charge < -0.3 is 11.1 Å². The second kappa shape index (κ2) is 6.18. The van der Waals surface area contributed by atoms with E-state index in [1.54, 1.807) is 24.1 Å². The summed E-state index contributed by atoms with van der Waals surface area (Å²) in [5.74, 6) is -0.198. The van der Waals surface area contributed by atoms with E-state index in [2.05, 4.69) is 20.7 Å². The molecule has 0 atom stereocenters. The number of hydrogen-bond acceptors (Lipinski definition) is 5. The van der Waals surface area contributed by atoms with Crippen LogP contribution in [0.2, 0.25) is 0 Å². The van der Waals surface area contributed by atoms with Crippen molar-refractivity contribution in [1.29, 1.82) is 0 Å². The number of amides is 1. The number of anilines is 1. The van der Waals surface area contributed by atoms with Crippen molar-refractivity contribution in [3.05, 3.63) is 23.8 Å². The van der Waals surface area contributed by atoms with E-state index in [0.717, 1.165) is 12.1 Å². The maximum absolute atomic E-state index is 12.1. The molecule has 0 spiro atoms. The summed E-state index contributed by atoms with van der Waals surface area (Å²) in [4.78, 5) is 12.1. The lowest BCUT2D eigenvalue weighted by atomic mass is 10.2. The number of carbonyl (C=O) groups is 1. The zero-order valence-electron chi connectivity index (χ0n) is 11.7. The molecule has 0 saturated carbocycles. The predicted molar refractivity (Wildman–Crippen MR) is 74.0 cm³/mol. The molecule has 8 nitrogen and oxygen atoms in total. The Balaban J connectivity index is 1.87. The van der Waals surface area contributed by atoms with Crippen LogP contribution in [0.4, 0.5) is 5.69 Å². The van der Waals surface area contributed by atoms with Crippen LogP contribution in [0.1, 0.15) is 29.5 Å². The van der Waals surface area contributed by atoms with Crippen LogP contribution in [0.25, 0.3) is 0 Å². The number of nitrogens with zero attached hydrogens (tertiary/aromatic N) is 5. The predicted octanol–water partition coefficient (Wildman–Crippen LogP) is -0.0237. The number of nitrogens with two attached hydrogens (primary N) is 1. The summed E-state index contributed by atoms with van der Waals surface area (Å²) >= 11 is 0. The fourth-order valence-corrected chi connectivity index (χ4v) is 2.01.